The van der Waals surface area contributed by atoms with Gasteiger partial charge in [0.1, 0.15) is 11.5 Å². The molecule has 1 heterocycles. The lowest BCUT2D eigenvalue weighted by Gasteiger charge is -2.18. The number of ether oxygens (including phenoxy) is 2. The third kappa shape index (κ3) is 4.35. The summed E-state index contributed by atoms with van der Waals surface area (Å²) in [4.78, 5) is 25.5. The monoisotopic (exact) mass is 426 g/mol. The maximum atomic E-state index is 12.9. The van der Waals surface area contributed by atoms with Gasteiger partial charge < -0.3 is 9.47 Å². The predicted octanol–water partition coefficient (Wildman–Crippen LogP) is 6.44. The summed E-state index contributed by atoms with van der Waals surface area (Å²) in [6.45, 7) is 10.2. The molecule has 1 aliphatic rings. The molecule has 0 N–H and O–H groups in total. The normalized spacial score (nSPS) is 14.3. The molecule has 0 fully saturated rings. The zero-order valence-corrected chi connectivity index (χ0v) is 19.0. The van der Waals surface area contributed by atoms with Crippen molar-refractivity contribution < 1.29 is 19.1 Å². The van der Waals surface area contributed by atoms with Crippen LogP contribution in [0.25, 0.3) is 6.08 Å². The lowest BCUT2D eigenvalue weighted by atomic mass is 9.87. The highest BCUT2D eigenvalue weighted by atomic mass is 16.5. The Balaban J connectivity index is 1.55. The quantitative estimate of drug-likeness (QED) is 0.275. The molecule has 0 atom stereocenters. The van der Waals surface area contributed by atoms with Crippen LogP contribution in [-0.2, 0) is 5.41 Å². The molecule has 4 rings (SSSR count). The van der Waals surface area contributed by atoms with E-state index in [4.69, 9.17) is 9.47 Å². The lowest BCUT2D eigenvalue weighted by molar-refractivity contribution is 0.0734. The van der Waals surface area contributed by atoms with Crippen LogP contribution in [0.1, 0.15) is 63.7 Å². The molecule has 0 spiro atoms. The number of esters is 1. The molecule has 0 amide bonds. The van der Waals surface area contributed by atoms with Gasteiger partial charge in [-0.25, -0.2) is 4.79 Å². The van der Waals surface area contributed by atoms with Crippen LogP contribution in [0.4, 0.5) is 0 Å². The van der Waals surface area contributed by atoms with E-state index in [1.165, 1.54) is 0 Å². The van der Waals surface area contributed by atoms with E-state index in [-0.39, 0.29) is 17.0 Å². The number of Topliss-reactive ketones (excluding diaryl/α,β-unsaturated/α-hetero) is 1. The number of carbonyl (C=O) groups is 2. The van der Waals surface area contributed by atoms with Crippen molar-refractivity contribution in [3.05, 3.63) is 99.8 Å². The Morgan fingerprint density at radius 3 is 2.22 bits per heavy atom. The molecule has 4 nitrogen and oxygen atoms in total. The van der Waals surface area contributed by atoms with Gasteiger partial charge in [-0.05, 0) is 60.2 Å². The molecule has 3 aromatic carbocycles. The summed E-state index contributed by atoms with van der Waals surface area (Å²) in [6.07, 6.45) is 1.73. The number of fused-ring (bicyclic) bond motifs is 1. The zero-order chi connectivity index (χ0) is 23.0. The van der Waals surface area contributed by atoms with E-state index in [2.05, 4.69) is 20.8 Å². The van der Waals surface area contributed by atoms with Crippen molar-refractivity contribution in [2.75, 3.05) is 0 Å². The molecule has 0 saturated carbocycles. The van der Waals surface area contributed by atoms with E-state index in [1.807, 2.05) is 50.2 Å². The van der Waals surface area contributed by atoms with Crippen molar-refractivity contribution in [1.82, 2.24) is 0 Å². The summed E-state index contributed by atoms with van der Waals surface area (Å²) in [6, 6.07) is 18.5. The third-order valence-electron chi connectivity index (χ3n) is 5.52. The van der Waals surface area contributed by atoms with Crippen LogP contribution in [-0.4, -0.2) is 11.8 Å². The minimum Gasteiger partial charge on any atom is -0.452 e. The smallest absolute Gasteiger partial charge is 0.343 e. The second kappa shape index (κ2) is 8.12. The van der Waals surface area contributed by atoms with Gasteiger partial charge in [0, 0.05) is 6.07 Å². The van der Waals surface area contributed by atoms with Crippen molar-refractivity contribution >= 4 is 17.8 Å². The van der Waals surface area contributed by atoms with Crippen molar-refractivity contribution in [3.63, 3.8) is 0 Å². The first kappa shape index (κ1) is 21.6. The average molecular weight is 427 g/mol. The van der Waals surface area contributed by atoms with Gasteiger partial charge in [-0.15, -0.1) is 0 Å². The van der Waals surface area contributed by atoms with E-state index in [9.17, 15) is 9.59 Å². The lowest BCUT2D eigenvalue weighted by Crippen LogP contribution is -2.13. The molecular weight excluding hydrogens is 400 g/mol. The Morgan fingerprint density at radius 1 is 0.938 bits per heavy atom. The van der Waals surface area contributed by atoms with Gasteiger partial charge in [0.25, 0.3) is 0 Å². The van der Waals surface area contributed by atoms with E-state index in [0.29, 0.717) is 28.2 Å². The summed E-state index contributed by atoms with van der Waals surface area (Å²) in [5.41, 5.74) is 4.84. The summed E-state index contributed by atoms with van der Waals surface area (Å²) in [5.74, 6) is 0.376. The third-order valence-corrected chi connectivity index (χ3v) is 5.52. The SMILES string of the molecule is Cc1ccc(/C=C2\Oc3cc(OC(=O)c4ccc(C(C)(C)C)cc4)cc(C)c3C2=O)cc1. The second-order valence-electron chi connectivity index (χ2n) is 9.18. The number of benzene rings is 3. The molecule has 1 aliphatic heterocycles. The number of hydrogen-bond donors (Lipinski definition) is 0. The Kier molecular flexibility index (Phi) is 5.47. The highest BCUT2D eigenvalue weighted by Crippen LogP contribution is 2.37. The average Bonchev–Trinajstić information content (AvgIpc) is 3.04. The molecule has 0 saturated heterocycles. The number of aryl methyl sites for hydroxylation is 2. The van der Waals surface area contributed by atoms with Crippen LogP contribution in [0.15, 0.2) is 66.4 Å². The zero-order valence-electron chi connectivity index (χ0n) is 19.0. The van der Waals surface area contributed by atoms with Crippen LogP contribution in [0.2, 0.25) is 0 Å². The topological polar surface area (TPSA) is 52.6 Å². The maximum absolute atomic E-state index is 12.9. The fourth-order valence-electron chi connectivity index (χ4n) is 3.62. The van der Waals surface area contributed by atoms with Crippen LogP contribution in [0.3, 0.4) is 0 Å². The molecule has 162 valence electrons. The Bertz CT molecular complexity index is 1220. The number of ketones is 1. The van der Waals surface area contributed by atoms with Crippen LogP contribution < -0.4 is 9.47 Å². The maximum Gasteiger partial charge on any atom is 0.343 e. The summed E-state index contributed by atoms with van der Waals surface area (Å²) in [7, 11) is 0. The first-order valence-electron chi connectivity index (χ1n) is 10.6. The molecule has 0 radical (unpaired) electrons. The van der Waals surface area contributed by atoms with Gasteiger partial charge in [0.2, 0.25) is 5.78 Å². The second-order valence-corrected chi connectivity index (χ2v) is 9.18. The van der Waals surface area contributed by atoms with Gasteiger partial charge in [-0.3, -0.25) is 4.79 Å². The molecule has 0 aliphatic carbocycles. The van der Waals surface area contributed by atoms with E-state index in [0.717, 1.165) is 16.7 Å². The van der Waals surface area contributed by atoms with Gasteiger partial charge in [-0.1, -0.05) is 62.7 Å². The first-order chi connectivity index (χ1) is 15.1. The standard InChI is InChI=1S/C28H26O4/c1-17-6-8-19(9-7-17)15-24-26(29)25-18(2)14-22(16-23(25)32-24)31-27(30)20-10-12-21(13-11-20)28(3,4)5/h6-16H,1-5H3/b24-15-. The number of rotatable bonds is 3. The minimum atomic E-state index is -0.454. The fraction of sp³-hybridized carbons (Fsp3) is 0.214. The molecule has 0 bridgehead atoms. The van der Waals surface area contributed by atoms with Crippen molar-refractivity contribution in [2.45, 2.75) is 40.0 Å². The molecule has 32 heavy (non-hydrogen) atoms. The van der Waals surface area contributed by atoms with Crippen molar-refractivity contribution in [1.29, 1.82) is 0 Å². The number of carbonyl (C=O) groups excluding carboxylic acids is 2. The highest BCUT2D eigenvalue weighted by Gasteiger charge is 2.30. The van der Waals surface area contributed by atoms with E-state index in [1.54, 1.807) is 30.3 Å². The molecule has 4 heteroatoms. The van der Waals surface area contributed by atoms with E-state index < -0.39 is 5.97 Å². The Hall–Kier alpha value is -3.66. The predicted molar refractivity (Wildman–Crippen MR) is 125 cm³/mol. The minimum absolute atomic E-state index is 0.00715. The summed E-state index contributed by atoms with van der Waals surface area (Å²) < 4.78 is 11.4. The first-order valence-corrected chi connectivity index (χ1v) is 10.6. The van der Waals surface area contributed by atoms with Gasteiger partial charge in [-0.2, -0.15) is 0 Å². The van der Waals surface area contributed by atoms with Crippen LogP contribution in [0.5, 0.6) is 11.5 Å². The molecule has 0 aromatic heterocycles. The largest absolute Gasteiger partial charge is 0.452 e. The Labute approximate surface area is 188 Å². The van der Waals surface area contributed by atoms with Crippen LogP contribution in [0, 0.1) is 13.8 Å². The Morgan fingerprint density at radius 2 is 1.59 bits per heavy atom. The summed E-state index contributed by atoms with van der Waals surface area (Å²) >= 11 is 0. The van der Waals surface area contributed by atoms with Gasteiger partial charge >= 0.3 is 5.97 Å². The molecule has 0 unspecified atom stereocenters. The fourth-order valence-corrected chi connectivity index (χ4v) is 3.62. The van der Waals surface area contributed by atoms with Gasteiger partial charge in [0.15, 0.2) is 5.76 Å². The molecule has 3 aromatic rings. The molecular formula is C28H26O4. The van der Waals surface area contributed by atoms with E-state index >= 15 is 0 Å². The number of hydrogen-bond acceptors (Lipinski definition) is 4. The van der Waals surface area contributed by atoms with Crippen molar-refractivity contribution in [2.24, 2.45) is 0 Å². The number of allylic oxidation sites excluding steroid dienone is 1. The highest BCUT2D eigenvalue weighted by molar-refractivity contribution is 6.15. The van der Waals surface area contributed by atoms with Crippen molar-refractivity contribution in [3.8, 4) is 11.5 Å². The van der Waals surface area contributed by atoms with Gasteiger partial charge in [0.05, 0.1) is 11.1 Å². The summed E-state index contributed by atoms with van der Waals surface area (Å²) in [5, 5.41) is 0. The van der Waals surface area contributed by atoms with Crippen LogP contribution >= 0.6 is 0 Å².